The molecule has 4 nitrogen and oxygen atoms in total. The van der Waals surface area contributed by atoms with E-state index in [4.69, 9.17) is 4.74 Å². The molecule has 0 saturated heterocycles. The molecule has 0 radical (unpaired) electrons. The predicted molar refractivity (Wildman–Crippen MR) is 68.2 cm³/mol. The summed E-state index contributed by atoms with van der Waals surface area (Å²) in [6, 6.07) is 0.161. The van der Waals surface area contributed by atoms with Crippen molar-refractivity contribution < 1.29 is 9.53 Å². The van der Waals surface area contributed by atoms with Crippen LogP contribution in [0.4, 0.5) is 0 Å². The van der Waals surface area contributed by atoms with Gasteiger partial charge in [-0.3, -0.25) is 9.48 Å². The van der Waals surface area contributed by atoms with E-state index < -0.39 is 5.60 Å². The van der Waals surface area contributed by atoms with Gasteiger partial charge in [-0.2, -0.15) is 5.10 Å². The second kappa shape index (κ2) is 4.53. The summed E-state index contributed by atoms with van der Waals surface area (Å²) in [4.78, 5) is 12.6. The molecule has 0 amide bonds. The normalized spacial score (nSPS) is 18.2. The van der Waals surface area contributed by atoms with Gasteiger partial charge in [-0.1, -0.05) is 0 Å². The lowest BCUT2D eigenvalue weighted by Crippen LogP contribution is -2.48. The van der Waals surface area contributed by atoms with E-state index in [1.165, 1.54) is 0 Å². The van der Waals surface area contributed by atoms with Gasteiger partial charge in [0.1, 0.15) is 11.3 Å². The number of Topliss-reactive ketones (excluding diaryl/α,β-unsaturated/α-hetero) is 1. The van der Waals surface area contributed by atoms with E-state index in [2.05, 4.69) is 21.0 Å². The first kappa shape index (κ1) is 12.8. The third-order valence-electron chi connectivity index (χ3n) is 3.42. The average molecular weight is 301 g/mol. The molecule has 1 fully saturated rings. The molecule has 1 aliphatic rings. The molecule has 0 atom stereocenters. The Hall–Kier alpha value is -0.680. The first-order chi connectivity index (χ1) is 8.02. The van der Waals surface area contributed by atoms with Crippen molar-refractivity contribution in [3.63, 3.8) is 0 Å². The van der Waals surface area contributed by atoms with Crippen molar-refractivity contribution in [1.82, 2.24) is 9.78 Å². The summed E-state index contributed by atoms with van der Waals surface area (Å²) in [5.41, 5.74) is 0.0106. The van der Waals surface area contributed by atoms with E-state index in [0.29, 0.717) is 5.69 Å². The van der Waals surface area contributed by atoms with Crippen molar-refractivity contribution in [2.24, 2.45) is 0 Å². The van der Waals surface area contributed by atoms with Crippen molar-refractivity contribution in [2.45, 2.75) is 44.8 Å². The van der Waals surface area contributed by atoms with Gasteiger partial charge in [-0.15, -0.1) is 0 Å². The highest BCUT2D eigenvalue weighted by Crippen LogP contribution is 2.39. The molecule has 0 aliphatic heterocycles. The number of aromatic nitrogens is 2. The predicted octanol–water partition coefficient (Wildman–Crippen LogP) is 2.98. The quantitative estimate of drug-likeness (QED) is 0.803. The highest BCUT2D eigenvalue weighted by atomic mass is 79.9. The molecule has 5 heteroatoms. The Bertz CT molecular complexity index is 430. The standard InChI is InChI=1S/C12H17BrN2O2/c1-8(2)15-10(9(13)7-14-15)11(16)12(17-3)5-4-6-12/h7-8H,4-6H2,1-3H3. The van der Waals surface area contributed by atoms with Gasteiger partial charge >= 0.3 is 0 Å². The summed E-state index contributed by atoms with van der Waals surface area (Å²) < 4.78 is 7.94. The number of methoxy groups -OCH3 is 1. The lowest BCUT2D eigenvalue weighted by Gasteiger charge is -2.38. The van der Waals surface area contributed by atoms with Gasteiger partial charge < -0.3 is 4.74 Å². The zero-order valence-corrected chi connectivity index (χ0v) is 12.0. The van der Waals surface area contributed by atoms with Gasteiger partial charge in [-0.05, 0) is 49.0 Å². The van der Waals surface area contributed by atoms with Crippen molar-refractivity contribution >= 4 is 21.7 Å². The van der Waals surface area contributed by atoms with Crippen molar-refractivity contribution in [3.8, 4) is 0 Å². The number of carbonyl (C=O) groups excluding carboxylic acids is 1. The van der Waals surface area contributed by atoms with Crippen molar-refractivity contribution in [3.05, 3.63) is 16.4 Å². The topological polar surface area (TPSA) is 44.1 Å². The molecule has 1 saturated carbocycles. The van der Waals surface area contributed by atoms with E-state index >= 15 is 0 Å². The van der Waals surface area contributed by atoms with Crippen LogP contribution >= 0.6 is 15.9 Å². The van der Waals surface area contributed by atoms with Gasteiger partial charge in [0.05, 0.1) is 10.7 Å². The zero-order valence-electron chi connectivity index (χ0n) is 10.4. The Kier molecular flexibility index (Phi) is 3.41. The molecule has 1 aromatic rings. The third-order valence-corrected chi connectivity index (χ3v) is 4.00. The molecule has 0 aromatic carbocycles. The minimum atomic E-state index is -0.616. The molecule has 94 valence electrons. The van der Waals surface area contributed by atoms with Crippen LogP contribution in [0.25, 0.3) is 0 Å². The van der Waals surface area contributed by atoms with Crippen LogP contribution in [-0.4, -0.2) is 28.3 Å². The molecule has 1 heterocycles. The Labute approximate surface area is 109 Å². The summed E-state index contributed by atoms with van der Waals surface area (Å²) in [7, 11) is 1.61. The molecular weight excluding hydrogens is 284 g/mol. The molecule has 0 spiro atoms. The van der Waals surface area contributed by atoms with Crippen LogP contribution in [0, 0.1) is 0 Å². The smallest absolute Gasteiger partial charge is 0.213 e. The van der Waals surface area contributed by atoms with Crippen LogP contribution in [0.1, 0.15) is 49.6 Å². The second-order valence-corrected chi connectivity index (χ2v) is 5.61. The summed E-state index contributed by atoms with van der Waals surface area (Å²) in [5.74, 6) is 0.0457. The molecule has 17 heavy (non-hydrogen) atoms. The van der Waals surface area contributed by atoms with Gasteiger partial charge in [0.2, 0.25) is 5.78 Å². The molecule has 0 N–H and O–H groups in total. The van der Waals surface area contributed by atoms with Crippen LogP contribution in [0.2, 0.25) is 0 Å². The Morgan fingerprint density at radius 2 is 2.24 bits per heavy atom. The SMILES string of the molecule is COC1(C(=O)c2c(Br)cnn2C(C)C)CCC1. The van der Waals surface area contributed by atoms with E-state index in [1.807, 2.05) is 13.8 Å². The highest BCUT2D eigenvalue weighted by molar-refractivity contribution is 9.10. The van der Waals surface area contributed by atoms with Gasteiger partial charge in [0, 0.05) is 13.2 Å². The van der Waals surface area contributed by atoms with Gasteiger partial charge in [0.15, 0.2) is 0 Å². The third kappa shape index (κ3) is 1.95. The molecule has 1 aromatic heterocycles. The van der Waals surface area contributed by atoms with E-state index in [-0.39, 0.29) is 11.8 Å². The average Bonchev–Trinajstić information content (AvgIpc) is 2.59. The second-order valence-electron chi connectivity index (χ2n) is 4.76. The number of halogens is 1. The molecule has 0 unspecified atom stereocenters. The Balaban J connectivity index is 2.39. The molecule has 2 rings (SSSR count). The number of ether oxygens (including phenoxy) is 1. The number of rotatable bonds is 4. The number of carbonyl (C=O) groups is 1. The number of hydrogen-bond donors (Lipinski definition) is 0. The highest BCUT2D eigenvalue weighted by Gasteiger charge is 2.46. The maximum absolute atomic E-state index is 12.6. The minimum absolute atomic E-state index is 0.0457. The fourth-order valence-electron chi connectivity index (χ4n) is 2.18. The Morgan fingerprint density at radius 1 is 1.59 bits per heavy atom. The van der Waals surface area contributed by atoms with Crippen molar-refractivity contribution in [1.29, 1.82) is 0 Å². The zero-order chi connectivity index (χ0) is 12.6. The van der Waals surface area contributed by atoms with E-state index in [1.54, 1.807) is 18.0 Å². The summed E-state index contributed by atoms with van der Waals surface area (Å²) in [5, 5.41) is 4.24. The fourth-order valence-corrected chi connectivity index (χ4v) is 2.64. The first-order valence-corrected chi connectivity index (χ1v) is 6.64. The first-order valence-electron chi connectivity index (χ1n) is 5.85. The lowest BCUT2D eigenvalue weighted by molar-refractivity contribution is -0.0456. The minimum Gasteiger partial charge on any atom is -0.370 e. The van der Waals surface area contributed by atoms with Crippen LogP contribution in [0.5, 0.6) is 0 Å². The van der Waals surface area contributed by atoms with E-state index in [9.17, 15) is 4.79 Å². The van der Waals surface area contributed by atoms with E-state index in [0.717, 1.165) is 23.7 Å². The Morgan fingerprint density at radius 3 is 2.65 bits per heavy atom. The number of ketones is 1. The monoisotopic (exact) mass is 300 g/mol. The van der Waals surface area contributed by atoms with Crippen LogP contribution in [0.15, 0.2) is 10.7 Å². The lowest BCUT2D eigenvalue weighted by atomic mass is 9.76. The largest absolute Gasteiger partial charge is 0.370 e. The summed E-state index contributed by atoms with van der Waals surface area (Å²) in [6.45, 7) is 4.02. The summed E-state index contributed by atoms with van der Waals surface area (Å²) in [6.07, 6.45) is 4.33. The van der Waals surface area contributed by atoms with Crippen LogP contribution in [0.3, 0.4) is 0 Å². The molecule has 0 bridgehead atoms. The van der Waals surface area contributed by atoms with Crippen LogP contribution in [-0.2, 0) is 4.74 Å². The number of hydrogen-bond acceptors (Lipinski definition) is 3. The van der Waals surface area contributed by atoms with Gasteiger partial charge in [0.25, 0.3) is 0 Å². The molecular formula is C12H17BrN2O2. The molecule has 1 aliphatic carbocycles. The maximum atomic E-state index is 12.6. The number of nitrogens with zero attached hydrogens (tertiary/aromatic N) is 2. The fraction of sp³-hybridized carbons (Fsp3) is 0.667. The summed E-state index contributed by atoms with van der Waals surface area (Å²) >= 11 is 3.40. The van der Waals surface area contributed by atoms with Crippen molar-refractivity contribution in [2.75, 3.05) is 7.11 Å². The maximum Gasteiger partial charge on any atom is 0.213 e. The van der Waals surface area contributed by atoms with Gasteiger partial charge in [-0.25, -0.2) is 0 Å². The van der Waals surface area contributed by atoms with Crippen LogP contribution < -0.4 is 0 Å².